The van der Waals surface area contributed by atoms with Crippen LogP contribution in [0, 0.1) is 0 Å². The molecule has 0 spiro atoms. The van der Waals surface area contributed by atoms with Gasteiger partial charge in [0.1, 0.15) is 11.6 Å². The number of carbonyl (C=O) groups excluding carboxylic acids is 2. The lowest BCUT2D eigenvalue weighted by Gasteiger charge is -2.16. The number of aromatic nitrogens is 2. The summed E-state index contributed by atoms with van der Waals surface area (Å²) in [4.78, 5) is 32.0. The van der Waals surface area contributed by atoms with Crippen LogP contribution in [0.5, 0.6) is 0 Å². The number of rotatable bonds is 6. The van der Waals surface area contributed by atoms with Crippen LogP contribution in [-0.4, -0.2) is 34.7 Å². The molecule has 0 aliphatic rings. The molecule has 0 saturated carbocycles. The van der Waals surface area contributed by atoms with E-state index in [9.17, 15) is 9.59 Å². The number of nitrogens with zero attached hydrogens (tertiary/aromatic N) is 2. The number of esters is 1. The summed E-state index contributed by atoms with van der Waals surface area (Å²) >= 11 is 1.07. The Morgan fingerprint density at radius 1 is 1.21 bits per heavy atom. The number of hydrogen-bond acceptors (Lipinski definition) is 8. The predicted octanol–water partition coefficient (Wildman–Crippen LogP) is 0.764. The third kappa shape index (κ3) is 4.85. The average Bonchev–Trinajstić information content (AvgIpc) is 2.57. The Bertz CT molecular complexity index is 706. The SMILES string of the molecule is COC(=O)[C@@H](NC(=O)CSc1nc(N)cc(N)n1)c1ccccc1. The Hall–Kier alpha value is -2.81. The standard InChI is InChI=1S/C15H17N5O3S/c1-23-14(22)13(9-5-3-2-4-6-9)20-12(21)8-24-15-18-10(16)7-11(17)19-15/h2-7,13H,8H2,1H3,(H,20,21)(H4,16,17,18,19)/t13-/m0/s1. The van der Waals surface area contributed by atoms with Gasteiger partial charge in [-0.05, 0) is 5.56 Å². The highest BCUT2D eigenvalue weighted by Crippen LogP contribution is 2.18. The molecule has 0 aliphatic heterocycles. The predicted molar refractivity (Wildman–Crippen MR) is 90.9 cm³/mol. The van der Waals surface area contributed by atoms with Crippen molar-refractivity contribution in [3.63, 3.8) is 0 Å². The summed E-state index contributed by atoms with van der Waals surface area (Å²) in [7, 11) is 1.27. The maximum absolute atomic E-state index is 12.1. The summed E-state index contributed by atoms with van der Waals surface area (Å²) in [5.74, 6) is -0.472. The lowest BCUT2D eigenvalue weighted by Crippen LogP contribution is -2.35. The van der Waals surface area contributed by atoms with Gasteiger partial charge < -0.3 is 21.5 Å². The van der Waals surface area contributed by atoms with Crippen molar-refractivity contribution < 1.29 is 14.3 Å². The molecule has 0 radical (unpaired) electrons. The van der Waals surface area contributed by atoms with Crippen molar-refractivity contribution in [3.05, 3.63) is 42.0 Å². The van der Waals surface area contributed by atoms with Gasteiger partial charge in [-0.3, -0.25) is 4.79 Å². The minimum atomic E-state index is -0.879. The highest BCUT2D eigenvalue weighted by Gasteiger charge is 2.23. The van der Waals surface area contributed by atoms with Gasteiger partial charge in [0.2, 0.25) is 5.91 Å². The first kappa shape index (κ1) is 17.5. The van der Waals surface area contributed by atoms with Crippen molar-refractivity contribution in [1.82, 2.24) is 15.3 Å². The van der Waals surface area contributed by atoms with E-state index < -0.39 is 12.0 Å². The first-order valence-electron chi connectivity index (χ1n) is 6.94. The number of carbonyl (C=O) groups is 2. The zero-order chi connectivity index (χ0) is 17.5. The molecule has 0 aliphatic carbocycles. The van der Waals surface area contributed by atoms with E-state index in [2.05, 4.69) is 15.3 Å². The quantitative estimate of drug-likeness (QED) is 0.396. The topological polar surface area (TPSA) is 133 Å². The summed E-state index contributed by atoms with van der Waals surface area (Å²) in [6, 6.07) is 9.37. The largest absolute Gasteiger partial charge is 0.467 e. The van der Waals surface area contributed by atoms with Gasteiger partial charge >= 0.3 is 5.97 Å². The zero-order valence-electron chi connectivity index (χ0n) is 12.9. The van der Waals surface area contributed by atoms with Crippen LogP contribution in [0.25, 0.3) is 0 Å². The van der Waals surface area contributed by atoms with Gasteiger partial charge in [-0.1, -0.05) is 42.1 Å². The highest BCUT2D eigenvalue weighted by atomic mass is 32.2. The molecule has 5 N–H and O–H groups in total. The van der Waals surface area contributed by atoms with E-state index in [1.54, 1.807) is 24.3 Å². The van der Waals surface area contributed by atoms with E-state index in [1.807, 2.05) is 6.07 Å². The minimum Gasteiger partial charge on any atom is -0.467 e. The summed E-state index contributed by atoms with van der Waals surface area (Å²) in [5.41, 5.74) is 11.8. The van der Waals surface area contributed by atoms with Gasteiger partial charge in [-0.2, -0.15) is 0 Å². The van der Waals surface area contributed by atoms with Gasteiger partial charge in [0.15, 0.2) is 11.2 Å². The van der Waals surface area contributed by atoms with Crippen LogP contribution < -0.4 is 16.8 Å². The Morgan fingerprint density at radius 3 is 2.42 bits per heavy atom. The number of nitrogens with one attached hydrogen (secondary N) is 1. The van der Waals surface area contributed by atoms with E-state index in [-0.39, 0.29) is 28.5 Å². The van der Waals surface area contributed by atoms with Gasteiger partial charge in [0.25, 0.3) is 0 Å². The Kier molecular flexibility index (Phi) is 5.96. The lowest BCUT2D eigenvalue weighted by molar-refractivity contribution is -0.145. The molecule has 1 amide bonds. The molecule has 0 saturated heterocycles. The van der Waals surface area contributed by atoms with Crippen LogP contribution >= 0.6 is 11.8 Å². The molecule has 8 nitrogen and oxygen atoms in total. The summed E-state index contributed by atoms with van der Waals surface area (Å²) in [6.45, 7) is 0. The fourth-order valence-corrected chi connectivity index (χ4v) is 2.58. The van der Waals surface area contributed by atoms with Crippen LogP contribution in [0.4, 0.5) is 11.6 Å². The van der Waals surface area contributed by atoms with Crippen molar-refractivity contribution >= 4 is 35.3 Å². The number of benzene rings is 1. The number of ether oxygens (including phenoxy) is 1. The number of amides is 1. The second-order valence-electron chi connectivity index (χ2n) is 4.72. The van der Waals surface area contributed by atoms with E-state index >= 15 is 0 Å². The van der Waals surface area contributed by atoms with E-state index in [4.69, 9.17) is 16.2 Å². The number of hydrogen-bond donors (Lipinski definition) is 3. The smallest absolute Gasteiger partial charge is 0.333 e. The Balaban J connectivity index is 2.01. The van der Waals surface area contributed by atoms with E-state index in [1.165, 1.54) is 13.2 Å². The zero-order valence-corrected chi connectivity index (χ0v) is 13.7. The molecule has 0 unspecified atom stereocenters. The molecule has 1 heterocycles. The lowest BCUT2D eigenvalue weighted by atomic mass is 10.1. The number of thioether (sulfide) groups is 1. The number of nitrogens with two attached hydrogens (primary N) is 2. The van der Waals surface area contributed by atoms with Crippen LogP contribution in [0.2, 0.25) is 0 Å². The average molecular weight is 347 g/mol. The van der Waals surface area contributed by atoms with Crippen molar-refractivity contribution in [2.24, 2.45) is 0 Å². The van der Waals surface area contributed by atoms with Crippen molar-refractivity contribution in [2.75, 3.05) is 24.3 Å². The molecule has 0 bridgehead atoms. The second kappa shape index (κ2) is 8.16. The third-order valence-electron chi connectivity index (χ3n) is 2.95. The number of nitrogen functional groups attached to an aromatic ring is 2. The molecular weight excluding hydrogens is 330 g/mol. The first-order valence-corrected chi connectivity index (χ1v) is 7.93. The van der Waals surface area contributed by atoms with Gasteiger partial charge in [0, 0.05) is 6.07 Å². The van der Waals surface area contributed by atoms with Crippen molar-refractivity contribution in [2.45, 2.75) is 11.2 Å². The molecule has 1 aromatic carbocycles. The maximum atomic E-state index is 12.1. The van der Waals surface area contributed by atoms with Crippen LogP contribution in [0.15, 0.2) is 41.6 Å². The third-order valence-corrected chi connectivity index (χ3v) is 3.80. The Labute approximate surface area is 143 Å². The second-order valence-corrected chi connectivity index (χ2v) is 5.67. The molecule has 2 rings (SSSR count). The molecular formula is C15H17N5O3S. The van der Waals surface area contributed by atoms with Crippen LogP contribution in [0.1, 0.15) is 11.6 Å². The van der Waals surface area contributed by atoms with E-state index in [0.717, 1.165) is 11.8 Å². The monoisotopic (exact) mass is 347 g/mol. The fraction of sp³-hybridized carbons (Fsp3) is 0.200. The molecule has 1 aromatic heterocycles. The first-order chi connectivity index (χ1) is 11.5. The Morgan fingerprint density at radius 2 is 1.83 bits per heavy atom. The fourth-order valence-electron chi connectivity index (χ4n) is 1.90. The number of methoxy groups -OCH3 is 1. The van der Waals surface area contributed by atoms with Crippen LogP contribution in [-0.2, 0) is 14.3 Å². The van der Waals surface area contributed by atoms with Crippen LogP contribution in [0.3, 0.4) is 0 Å². The van der Waals surface area contributed by atoms with Gasteiger partial charge in [0.05, 0.1) is 12.9 Å². The molecule has 0 fully saturated rings. The number of anilines is 2. The molecule has 9 heteroatoms. The molecule has 126 valence electrons. The van der Waals surface area contributed by atoms with Gasteiger partial charge in [-0.15, -0.1) is 0 Å². The molecule has 24 heavy (non-hydrogen) atoms. The highest BCUT2D eigenvalue weighted by molar-refractivity contribution is 7.99. The van der Waals surface area contributed by atoms with Crippen molar-refractivity contribution in [3.8, 4) is 0 Å². The summed E-state index contributed by atoms with van der Waals surface area (Å²) < 4.78 is 4.74. The summed E-state index contributed by atoms with van der Waals surface area (Å²) in [6.07, 6.45) is 0. The normalized spacial score (nSPS) is 11.5. The molecule has 1 atom stereocenters. The summed E-state index contributed by atoms with van der Waals surface area (Å²) in [5, 5.41) is 2.92. The molecule has 2 aromatic rings. The van der Waals surface area contributed by atoms with Crippen molar-refractivity contribution in [1.29, 1.82) is 0 Å². The van der Waals surface area contributed by atoms with Gasteiger partial charge in [-0.25, -0.2) is 14.8 Å². The van der Waals surface area contributed by atoms with E-state index in [0.29, 0.717) is 5.56 Å². The maximum Gasteiger partial charge on any atom is 0.333 e. The minimum absolute atomic E-state index is 0.00320.